The van der Waals surface area contributed by atoms with Crippen LogP contribution in [0.4, 0.5) is 0 Å². The average molecular weight is 153 g/mol. The number of amides is 1. The molecule has 1 fully saturated rings. The van der Waals surface area contributed by atoms with Gasteiger partial charge in [-0.15, -0.1) is 6.42 Å². The Labute approximate surface area is 66.1 Å². The maximum absolute atomic E-state index is 10.7. The molecule has 0 spiro atoms. The molecule has 1 saturated heterocycles. The highest BCUT2D eigenvalue weighted by atomic mass is 16.5. The molecular weight excluding hydrogens is 142 g/mol. The number of nitrogens with one attached hydrogen (secondary N) is 1. The van der Waals surface area contributed by atoms with Crippen LogP contribution < -0.4 is 5.32 Å². The summed E-state index contributed by atoms with van der Waals surface area (Å²) in [5.41, 5.74) is 0. The Hall–Kier alpha value is -1.01. The fourth-order valence-corrected chi connectivity index (χ4v) is 1.08. The van der Waals surface area contributed by atoms with Gasteiger partial charge in [0.15, 0.2) is 0 Å². The summed E-state index contributed by atoms with van der Waals surface area (Å²) in [6.07, 6.45) is 6.85. The summed E-state index contributed by atoms with van der Waals surface area (Å²) in [6.45, 7) is 1.38. The van der Waals surface area contributed by atoms with Gasteiger partial charge in [-0.05, 0) is 18.8 Å². The number of ether oxygens (including phenoxy) is 1. The lowest BCUT2D eigenvalue weighted by Crippen LogP contribution is -2.39. The van der Waals surface area contributed by atoms with Crippen molar-refractivity contribution in [3.8, 4) is 12.3 Å². The van der Waals surface area contributed by atoms with Crippen molar-refractivity contribution >= 4 is 5.91 Å². The molecule has 0 aromatic rings. The predicted octanol–water partition coefficient (Wildman–Crippen LogP) is -0.0852. The summed E-state index contributed by atoms with van der Waals surface area (Å²) in [7, 11) is 0. The Bertz CT molecular complexity index is 177. The molecule has 0 aliphatic carbocycles. The van der Waals surface area contributed by atoms with E-state index in [1.54, 1.807) is 0 Å². The van der Waals surface area contributed by atoms with Crippen LogP contribution in [0.3, 0.4) is 0 Å². The summed E-state index contributed by atoms with van der Waals surface area (Å²) < 4.78 is 5.14. The lowest BCUT2D eigenvalue weighted by atomic mass is 10.1. The van der Waals surface area contributed by atoms with Gasteiger partial charge < -0.3 is 10.1 Å². The predicted molar refractivity (Wildman–Crippen MR) is 40.8 cm³/mol. The van der Waals surface area contributed by atoms with Gasteiger partial charge in [-0.3, -0.25) is 4.79 Å². The molecular formula is C8H11NO2. The van der Waals surface area contributed by atoms with Gasteiger partial charge in [0.05, 0.1) is 12.6 Å². The van der Waals surface area contributed by atoms with E-state index >= 15 is 0 Å². The molecule has 3 heteroatoms. The Kier molecular flexibility index (Phi) is 2.94. The third-order valence-corrected chi connectivity index (χ3v) is 1.63. The molecule has 1 aliphatic heterocycles. The van der Waals surface area contributed by atoms with E-state index in [1.807, 2.05) is 5.92 Å². The molecule has 1 atom stereocenters. The lowest BCUT2D eigenvalue weighted by Gasteiger charge is -2.21. The summed E-state index contributed by atoms with van der Waals surface area (Å²) in [5, 5.41) is 2.67. The van der Waals surface area contributed by atoms with E-state index in [0.717, 1.165) is 19.4 Å². The fraction of sp³-hybridized carbons (Fsp3) is 0.625. The second-order valence-corrected chi connectivity index (χ2v) is 2.53. The quantitative estimate of drug-likeness (QED) is 0.535. The van der Waals surface area contributed by atoms with Crippen molar-refractivity contribution < 1.29 is 9.53 Å². The largest absolute Gasteiger partial charge is 0.379 e. The first-order chi connectivity index (χ1) is 5.33. The highest BCUT2D eigenvalue weighted by Gasteiger charge is 2.14. The highest BCUT2D eigenvalue weighted by Crippen LogP contribution is 2.04. The Morgan fingerprint density at radius 3 is 3.09 bits per heavy atom. The summed E-state index contributed by atoms with van der Waals surface area (Å²) >= 11 is 0. The van der Waals surface area contributed by atoms with Crippen LogP contribution in [-0.2, 0) is 9.53 Å². The number of rotatable bonds is 1. The van der Waals surface area contributed by atoms with Crippen molar-refractivity contribution in [1.82, 2.24) is 5.32 Å². The summed E-state index contributed by atoms with van der Waals surface area (Å²) in [6, 6.07) is 0.118. The minimum Gasteiger partial charge on any atom is -0.379 e. The molecule has 1 rings (SSSR count). The van der Waals surface area contributed by atoms with Crippen LogP contribution >= 0.6 is 0 Å². The Balaban J connectivity index is 2.25. The van der Waals surface area contributed by atoms with Crippen LogP contribution in [0.15, 0.2) is 0 Å². The second-order valence-electron chi connectivity index (χ2n) is 2.53. The van der Waals surface area contributed by atoms with Crippen molar-refractivity contribution in [3.63, 3.8) is 0 Å². The van der Waals surface area contributed by atoms with Gasteiger partial charge in [0.25, 0.3) is 5.91 Å². The zero-order chi connectivity index (χ0) is 8.10. The second kappa shape index (κ2) is 3.99. The molecule has 60 valence electrons. The molecule has 0 aromatic carbocycles. The van der Waals surface area contributed by atoms with Gasteiger partial charge >= 0.3 is 0 Å². The minimum absolute atomic E-state index is 0.118. The molecule has 0 bridgehead atoms. The first-order valence-electron chi connectivity index (χ1n) is 3.68. The number of carbonyl (C=O) groups excluding carboxylic acids is 1. The molecule has 1 aliphatic rings. The van der Waals surface area contributed by atoms with Crippen molar-refractivity contribution in [1.29, 1.82) is 0 Å². The van der Waals surface area contributed by atoms with Crippen molar-refractivity contribution in [2.45, 2.75) is 18.9 Å². The fourth-order valence-electron chi connectivity index (χ4n) is 1.08. The number of hydrogen-bond acceptors (Lipinski definition) is 2. The van der Waals surface area contributed by atoms with Gasteiger partial charge in [0.2, 0.25) is 0 Å². The van der Waals surface area contributed by atoms with Gasteiger partial charge in [-0.2, -0.15) is 0 Å². The maximum Gasteiger partial charge on any atom is 0.295 e. The van der Waals surface area contributed by atoms with Crippen molar-refractivity contribution in [2.75, 3.05) is 13.2 Å². The Morgan fingerprint density at radius 1 is 1.73 bits per heavy atom. The van der Waals surface area contributed by atoms with E-state index in [4.69, 9.17) is 11.2 Å². The molecule has 1 heterocycles. The van der Waals surface area contributed by atoms with Gasteiger partial charge in [0.1, 0.15) is 0 Å². The van der Waals surface area contributed by atoms with Crippen LogP contribution in [0, 0.1) is 12.3 Å². The smallest absolute Gasteiger partial charge is 0.295 e. The normalized spacial score (nSPS) is 23.7. The zero-order valence-corrected chi connectivity index (χ0v) is 6.30. The molecule has 1 amide bonds. The monoisotopic (exact) mass is 153 g/mol. The van der Waals surface area contributed by atoms with E-state index in [9.17, 15) is 4.79 Å². The van der Waals surface area contributed by atoms with Crippen molar-refractivity contribution in [2.24, 2.45) is 0 Å². The lowest BCUT2D eigenvalue weighted by molar-refractivity contribution is -0.117. The summed E-state index contributed by atoms with van der Waals surface area (Å²) in [4.78, 5) is 10.7. The topological polar surface area (TPSA) is 38.3 Å². The zero-order valence-electron chi connectivity index (χ0n) is 6.30. The molecule has 11 heavy (non-hydrogen) atoms. The SMILES string of the molecule is C#CC(=O)N[C@H]1CCCOC1. The van der Waals surface area contributed by atoms with E-state index in [0.29, 0.717) is 6.61 Å². The first kappa shape index (κ1) is 8.09. The molecule has 3 nitrogen and oxygen atoms in total. The third kappa shape index (κ3) is 2.60. The van der Waals surface area contributed by atoms with Crippen LogP contribution in [0.1, 0.15) is 12.8 Å². The van der Waals surface area contributed by atoms with E-state index in [2.05, 4.69) is 5.32 Å². The molecule has 0 aromatic heterocycles. The first-order valence-corrected chi connectivity index (χ1v) is 3.68. The van der Waals surface area contributed by atoms with Gasteiger partial charge in [-0.25, -0.2) is 0 Å². The van der Waals surface area contributed by atoms with Crippen LogP contribution in [-0.4, -0.2) is 25.2 Å². The van der Waals surface area contributed by atoms with Crippen LogP contribution in [0.5, 0.6) is 0 Å². The number of hydrogen-bond donors (Lipinski definition) is 1. The van der Waals surface area contributed by atoms with E-state index in [1.165, 1.54) is 0 Å². The van der Waals surface area contributed by atoms with Gasteiger partial charge in [0, 0.05) is 6.61 Å². The molecule has 1 N–H and O–H groups in total. The summed E-state index contributed by atoms with van der Waals surface area (Å²) in [5.74, 6) is 1.66. The number of terminal acetylenes is 1. The Morgan fingerprint density at radius 2 is 2.55 bits per heavy atom. The maximum atomic E-state index is 10.7. The minimum atomic E-state index is -0.347. The van der Waals surface area contributed by atoms with Crippen LogP contribution in [0.25, 0.3) is 0 Å². The van der Waals surface area contributed by atoms with E-state index < -0.39 is 0 Å². The third-order valence-electron chi connectivity index (χ3n) is 1.63. The molecule has 0 radical (unpaired) electrons. The molecule has 0 unspecified atom stereocenters. The van der Waals surface area contributed by atoms with E-state index in [-0.39, 0.29) is 11.9 Å². The van der Waals surface area contributed by atoms with Crippen LogP contribution in [0.2, 0.25) is 0 Å². The van der Waals surface area contributed by atoms with Crippen molar-refractivity contribution in [3.05, 3.63) is 0 Å². The number of carbonyl (C=O) groups is 1. The average Bonchev–Trinajstić information content (AvgIpc) is 2.06. The highest BCUT2D eigenvalue weighted by molar-refractivity contribution is 5.93. The van der Waals surface area contributed by atoms with Gasteiger partial charge in [-0.1, -0.05) is 0 Å². The standard InChI is InChI=1S/C8H11NO2/c1-2-8(10)9-7-4-3-5-11-6-7/h1,7H,3-6H2,(H,9,10)/t7-/m0/s1. The molecule has 0 saturated carbocycles.